The first-order valence-electron chi connectivity index (χ1n) is 10.1. The molecule has 4 N–H and O–H groups in total. The molecule has 4 rings (SSSR count). The van der Waals surface area contributed by atoms with Crippen LogP contribution >= 0.6 is 23.2 Å². The van der Waals surface area contributed by atoms with Crippen molar-refractivity contribution in [1.29, 1.82) is 0 Å². The number of rotatable bonds is 6. The number of halogens is 2. The maximum absolute atomic E-state index is 12.9. The molecule has 0 saturated carbocycles. The van der Waals surface area contributed by atoms with Gasteiger partial charge in [0.25, 0.3) is 11.8 Å². The summed E-state index contributed by atoms with van der Waals surface area (Å²) in [6.45, 7) is 0.291. The van der Waals surface area contributed by atoms with E-state index in [1.807, 2.05) is 0 Å². The third-order valence-electron chi connectivity index (χ3n) is 5.78. The fourth-order valence-corrected chi connectivity index (χ4v) is 5.22. The van der Waals surface area contributed by atoms with Crippen molar-refractivity contribution >= 4 is 51.2 Å². The molecular formula is C19H18Cl2N4O9S. The van der Waals surface area contributed by atoms with Crippen LogP contribution < -0.4 is 5.32 Å². The number of nitrogens with zero attached hydrogens (tertiary/aromatic N) is 3. The number of hydrogen-bond donors (Lipinski definition) is 4. The van der Waals surface area contributed by atoms with Gasteiger partial charge in [0.15, 0.2) is 11.5 Å². The number of phenols is 2. The number of aromatic hydroxyl groups is 2. The molecule has 13 nitrogen and oxygen atoms in total. The Morgan fingerprint density at radius 3 is 2.60 bits per heavy atom. The molecule has 35 heavy (non-hydrogen) atoms. The summed E-state index contributed by atoms with van der Waals surface area (Å²) in [7, 11) is -4.70. The summed E-state index contributed by atoms with van der Waals surface area (Å²) in [5.74, 6) is -3.76. The number of aromatic nitrogens is 1. The number of likely N-dealkylation sites (tertiary alicyclic amines) is 1. The van der Waals surface area contributed by atoms with Crippen molar-refractivity contribution in [2.75, 3.05) is 19.6 Å². The highest BCUT2D eigenvalue weighted by Crippen LogP contribution is 2.42. The predicted octanol–water partition coefficient (Wildman–Crippen LogP) is 1.16. The van der Waals surface area contributed by atoms with E-state index in [0.717, 1.165) is 6.07 Å². The molecule has 2 saturated heterocycles. The monoisotopic (exact) mass is 548 g/mol. The van der Waals surface area contributed by atoms with Crippen molar-refractivity contribution in [3.05, 3.63) is 39.2 Å². The topological polar surface area (TPSA) is 191 Å². The number of carbonyl (C=O) groups is 3. The maximum atomic E-state index is 12.9. The molecule has 16 heteroatoms. The Kier molecular flexibility index (Phi) is 6.57. The summed E-state index contributed by atoms with van der Waals surface area (Å²) in [6, 6.07) is 1.64. The number of benzene rings is 1. The van der Waals surface area contributed by atoms with Crippen molar-refractivity contribution in [3.8, 4) is 11.5 Å². The van der Waals surface area contributed by atoms with Crippen LogP contribution in [0.2, 0.25) is 10.0 Å². The van der Waals surface area contributed by atoms with Gasteiger partial charge in [-0.2, -0.15) is 8.42 Å². The second-order valence-electron chi connectivity index (χ2n) is 8.01. The number of amides is 3. The van der Waals surface area contributed by atoms with Crippen LogP contribution in [0.15, 0.2) is 16.7 Å². The van der Waals surface area contributed by atoms with Crippen molar-refractivity contribution in [2.24, 2.45) is 0 Å². The number of nitrogens with one attached hydrogen (secondary N) is 1. The van der Waals surface area contributed by atoms with Crippen LogP contribution in [0.5, 0.6) is 11.5 Å². The molecule has 2 aromatic rings. The molecule has 2 fully saturated rings. The van der Waals surface area contributed by atoms with E-state index in [9.17, 15) is 33.0 Å². The Morgan fingerprint density at radius 1 is 1.23 bits per heavy atom. The third kappa shape index (κ3) is 4.74. The van der Waals surface area contributed by atoms with Crippen LogP contribution in [0.1, 0.15) is 45.4 Å². The lowest BCUT2D eigenvalue weighted by Crippen LogP contribution is -2.59. The Labute approximate surface area is 208 Å². The third-order valence-corrected chi connectivity index (χ3v) is 7.45. The Hall–Kier alpha value is -3.07. The second kappa shape index (κ2) is 9.18. The molecule has 1 aromatic carbocycles. The smallest absolute Gasteiger partial charge is 0.362 e. The van der Waals surface area contributed by atoms with Gasteiger partial charge in [-0.1, -0.05) is 28.4 Å². The van der Waals surface area contributed by atoms with Crippen molar-refractivity contribution in [2.45, 2.75) is 24.8 Å². The van der Waals surface area contributed by atoms with E-state index >= 15 is 0 Å². The van der Waals surface area contributed by atoms with E-state index in [1.165, 1.54) is 11.0 Å². The van der Waals surface area contributed by atoms with Gasteiger partial charge in [-0.15, -0.1) is 0 Å². The van der Waals surface area contributed by atoms with E-state index in [-0.39, 0.29) is 51.1 Å². The minimum atomic E-state index is -4.70. The predicted molar refractivity (Wildman–Crippen MR) is 119 cm³/mol. The van der Waals surface area contributed by atoms with Crippen molar-refractivity contribution in [3.63, 3.8) is 0 Å². The lowest BCUT2D eigenvalue weighted by atomic mass is 10.0. The molecule has 0 radical (unpaired) electrons. The largest absolute Gasteiger partial charge is 0.503 e. The van der Waals surface area contributed by atoms with E-state index in [0.29, 0.717) is 18.7 Å². The van der Waals surface area contributed by atoms with Crippen molar-refractivity contribution < 1.29 is 42.1 Å². The summed E-state index contributed by atoms with van der Waals surface area (Å²) in [5, 5.41) is 25.2. The molecular weight excluding hydrogens is 531 g/mol. The Balaban J connectivity index is 1.37. The molecule has 0 unspecified atom stereocenters. The molecule has 2 aliphatic rings. The number of hydrogen-bond acceptors (Lipinski definition) is 9. The van der Waals surface area contributed by atoms with Crippen LogP contribution in [-0.2, 0) is 15.1 Å². The van der Waals surface area contributed by atoms with E-state index < -0.39 is 45.6 Å². The number of carbonyl (C=O) groups excluding carboxylic acids is 3. The molecule has 0 spiro atoms. The average Bonchev–Trinajstić information content (AvgIpc) is 3.45. The molecule has 1 aromatic heterocycles. The fraction of sp³-hybridized carbons (Fsp3) is 0.368. The van der Waals surface area contributed by atoms with Gasteiger partial charge in [-0.25, -0.2) is 4.31 Å². The zero-order chi connectivity index (χ0) is 25.7. The van der Waals surface area contributed by atoms with Gasteiger partial charge in [0.1, 0.15) is 0 Å². The van der Waals surface area contributed by atoms with Crippen molar-refractivity contribution in [1.82, 2.24) is 19.7 Å². The molecule has 0 aliphatic carbocycles. The van der Waals surface area contributed by atoms with E-state index in [4.69, 9.17) is 32.3 Å². The van der Waals surface area contributed by atoms with Crippen LogP contribution in [0.4, 0.5) is 0 Å². The first-order valence-corrected chi connectivity index (χ1v) is 12.3. The highest BCUT2D eigenvalue weighted by atomic mass is 35.5. The minimum Gasteiger partial charge on any atom is -0.503 e. The van der Waals surface area contributed by atoms with E-state index in [2.05, 4.69) is 10.5 Å². The second-order valence-corrected chi connectivity index (χ2v) is 10.1. The summed E-state index contributed by atoms with van der Waals surface area (Å²) in [6.07, 6.45) is 0.337. The molecule has 2 aliphatic heterocycles. The fourth-order valence-electron chi connectivity index (χ4n) is 3.94. The van der Waals surface area contributed by atoms with Gasteiger partial charge in [0.05, 0.1) is 33.8 Å². The molecule has 3 amide bonds. The summed E-state index contributed by atoms with van der Waals surface area (Å²) < 4.78 is 36.8. The average molecular weight is 549 g/mol. The number of β-lactam (4-membered cyclic amide) rings is 1. The van der Waals surface area contributed by atoms with Gasteiger partial charge in [0.2, 0.25) is 11.7 Å². The van der Waals surface area contributed by atoms with Gasteiger partial charge in [-0.3, -0.25) is 18.9 Å². The van der Waals surface area contributed by atoms with E-state index in [1.54, 1.807) is 0 Å². The highest BCUT2D eigenvalue weighted by molar-refractivity contribution is 7.84. The zero-order valence-corrected chi connectivity index (χ0v) is 20.0. The first-order chi connectivity index (χ1) is 16.4. The van der Waals surface area contributed by atoms with Gasteiger partial charge in [0, 0.05) is 31.6 Å². The lowest BCUT2D eigenvalue weighted by Gasteiger charge is -2.36. The Morgan fingerprint density at radius 2 is 1.94 bits per heavy atom. The Bertz CT molecular complexity index is 1330. The first kappa shape index (κ1) is 25.0. The van der Waals surface area contributed by atoms with Crippen LogP contribution in [-0.4, -0.2) is 80.9 Å². The van der Waals surface area contributed by atoms with Crippen LogP contribution in [0, 0.1) is 0 Å². The van der Waals surface area contributed by atoms with Gasteiger partial charge < -0.3 is 25.0 Å². The van der Waals surface area contributed by atoms with Crippen LogP contribution in [0.25, 0.3) is 0 Å². The summed E-state index contributed by atoms with van der Waals surface area (Å²) >= 11 is 11.8. The number of phenolic OH excluding ortho intramolecular Hbond substituents is 2. The standard InChI is InChI=1S/C19H18Cl2N4O9S/c20-11-4-10(15(21)17(28)16(11)27)19(30)24-2-1-8(7-24)12-5-13(34-23-12)18(29)22-6-9-3-14(26)25(9)35(31,32)33/h4-5,8-9,27-28H,1-3,6-7H2,(H,22,29)(H,31,32,33)/t8-,9-/m1/s1. The summed E-state index contributed by atoms with van der Waals surface area (Å²) in [5.41, 5.74) is 0.322. The highest BCUT2D eigenvalue weighted by Gasteiger charge is 2.44. The summed E-state index contributed by atoms with van der Waals surface area (Å²) in [4.78, 5) is 38.0. The molecule has 3 heterocycles. The quantitative estimate of drug-likeness (QED) is 0.231. The molecule has 0 bridgehead atoms. The SMILES string of the molecule is O=C(NC[C@H]1CC(=O)N1S(=O)(=O)O)c1cc([C@@H]2CCN(C(=O)c3cc(Cl)c(O)c(O)c3Cl)C2)no1. The molecule has 188 valence electrons. The normalized spacial score (nSPS) is 20.1. The van der Waals surface area contributed by atoms with Crippen LogP contribution in [0.3, 0.4) is 0 Å². The zero-order valence-electron chi connectivity index (χ0n) is 17.6. The van der Waals surface area contributed by atoms with Gasteiger partial charge in [-0.05, 0) is 12.5 Å². The maximum Gasteiger partial charge on any atom is 0.362 e. The minimum absolute atomic E-state index is 0.0822. The molecule has 2 atom stereocenters. The van der Waals surface area contributed by atoms with Gasteiger partial charge >= 0.3 is 10.3 Å². The lowest BCUT2D eigenvalue weighted by molar-refractivity contribution is -0.137.